The van der Waals surface area contributed by atoms with E-state index in [4.69, 9.17) is 11.6 Å². The van der Waals surface area contributed by atoms with Gasteiger partial charge < -0.3 is 10.2 Å². The van der Waals surface area contributed by atoms with Gasteiger partial charge in [-0.2, -0.15) is 4.31 Å². The lowest BCUT2D eigenvalue weighted by Crippen LogP contribution is -2.40. The van der Waals surface area contributed by atoms with Crippen LogP contribution in [0.2, 0.25) is 4.34 Å². The van der Waals surface area contributed by atoms with Gasteiger partial charge in [-0.05, 0) is 56.8 Å². The Morgan fingerprint density at radius 2 is 1.79 bits per heavy atom. The molecule has 1 amide bonds. The molecule has 28 heavy (non-hydrogen) atoms. The number of sulfonamides is 1. The SMILES string of the molecule is O=C(CC1CCN(S(=O)(=O)c2ccc(Cl)s2)CC1)NCCN1CCCCCC1. The predicted octanol–water partition coefficient (Wildman–Crippen LogP) is 3.18. The summed E-state index contributed by atoms with van der Waals surface area (Å²) in [6, 6.07) is 3.17. The topological polar surface area (TPSA) is 69.7 Å². The zero-order valence-electron chi connectivity index (χ0n) is 16.2. The highest BCUT2D eigenvalue weighted by molar-refractivity contribution is 7.91. The van der Waals surface area contributed by atoms with Crippen molar-refractivity contribution in [1.29, 1.82) is 0 Å². The summed E-state index contributed by atoms with van der Waals surface area (Å²) in [7, 11) is -3.46. The van der Waals surface area contributed by atoms with Crippen LogP contribution in [0.15, 0.2) is 16.3 Å². The van der Waals surface area contributed by atoms with Crippen molar-refractivity contribution in [3.05, 3.63) is 16.5 Å². The first-order valence-electron chi connectivity index (χ1n) is 10.2. The number of nitrogens with one attached hydrogen (secondary N) is 1. The van der Waals surface area contributed by atoms with Gasteiger partial charge in [0, 0.05) is 32.6 Å². The van der Waals surface area contributed by atoms with E-state index in [1.807, 2.05) is 0 Å². The lowest BCUT2D eigenvalue weighted by atomic mass is 9.94. The van der Waals surface area contributed by atoms with Gasteiger partial charge in [0.25, 0.3) is 10.0 Å². The standard InChI is InChI=1S/C19H30ClN3O3S2/c20-17-5-6-19(27-17)28(25,26)23-12-7-16(8-13-23)15-18(24)21-9-14-22-10-3-1-2-4-11-22/h5-6,16H,1-4,7-15H2,(H,21,24). The molecule has 3 rings (SSSR count). The molecule has 1 N–H and O–H groups in total. The van der Waals surface area contributed by atoms with E-state index in [1.54, 1.807) is 12.1 Å². The highest BCUT2D eigenvalue weighted by atomic mass is 35.5. The van der Waals surface area contributed by atoms with Gasteiger partial charge in [-0.1, -0.05) is 24.4 Å². The quantitative estimate of drug-likeness (QED) is 0.696. The number of rotatable bonds is 7. The third-order valence-corrected chi connectivity index (χ3v) is 9.24. The summed E-state index contributed by atoms with van der Waals surface area (Å²) in [6.07, 6.45) is 7.07. The van der Waals surface area contributed by atoms with Crippen molar-refractivity contribution in [3.8, 4) is 0 Å². The Labute approximate surface area is 177 Å². The summed E-state index contributed by atoms with van der Waals surface area (Å²) >= 11 is 6.96. The lowest BCUT2D eigenvalue weighted by Gasteiger charge is -2.30. The Kier molecular flexibility index (Phi) is 8.17. The molecule has 0 unspecified atom stereocenters. The second-order valence-corrected chi connectivity index (χ2v) is 11.6. The summed E-state index contributed by atoms with van der Waals surface area (Å²) in [5.74, 6) is 0.331. The van der Waals surface area contributed by atoms with Crippen molar-refractivity contribution >= 4 is 38.9 Å². The molecule has 0 aliphatic carbocycles. The van der Waals surface area contributed by atoms with Crippen molar-refractivity contribution in [2.24, 2.45) is 5.92 Å². The molecule has 2 fully saturated rings. The van der Waals surface area contributed by atoms with Crippen LogP contribution in [0.3, 0.4) is 0 Å². The Morgan fingerprint density at radius 1 is 1.11 bits per heavy atom. The smallest absolute Gasteiger partial charge is 0.252 e. The van der Waals surface area contributed by atoms with Gasteiger partial charge in [0.1, 0.15) is 4.21 Å². The number of piperidine rings is 1. The minimum absolute atomic E-state index is 0.0844. The molecule has 9 heteroatoms. The van der Waals surface area contributed by atoms with Crippen LogP contribution >= 0.6 is 22.9 Å². The number of hydrogen-bond acceptors (Lipinski definition) is 5. The summed E-state index contributed by atoms with van der Waals surface area (Å²) < 4.78 is 27.6. The lowest BCUT2D eigenvalue weighted by molar-refractivity contribution is -0.122. The van der Waals surface area contributed by atoms with Crippen LogP contribution in [0.4, 0.5) is 0 Å². The minimum atomic E-state index is -3.46. The van der Waals surface area contributed by atoms with Gasteiger partial charge >= 0.3 is 0 Å². The zero-order chi connectivity index (χ0) is 20.0. The fourth-order valence-electron chi connectivity index (χ4n) is 3.96. The first kappa shape index (κ1) is 22.0. The molecule has 0 radical (unpaired) electrons. The van der Waals surface area contributed by atoms with E-state index in [2.05, 4.69) is 10.2 Å². The fourth-order valence-corrected chi connectivity index (χ4v) is 7.07. The number of carbonyl (C=O) groups is 1. The van der Waals surface area contributed by atoms with Gasteiger partial charge in [0.05, 0.1) is 4.34 Å². The second kappa shape index (κ2) is 10.4. The van der Waals surface area contributed by atoms with E-state index in [0.717, 1.165) is 43.8 Å². The molecule has 0 saturated carbocycles. The van der Waals surface area contributed by atoms with Crippen LogP contribution in [-0.2, 0) is 14.8 Å². The fraction of sp³-hybridized carbons (Fsp3) is 0.737. The Morgan fingerprint density at radius 3 is 2.39 bits per heavy atom. The van der Waals surface area contributed by atoms with E-state index < -0.39 is 10.0 Å². The van der Waals surface area contributed by atoms with E-state index in [-0.39, 0.29) is 11.8 Å². The number of hydrogen-bond donors (Lipinski definition) is 1. The van der Waals surface area contributed by atoms with Crippen LogP contribution in [0.5, 0.6) is 0 Å². The highest BCUT2D eigenvalue weighted by Gasteiger charge is 2.31. The molecule has 6 nitrogen and oxygen atoms in total. The van der Waals surface area contributed by atoms with Crippen molar-refractivity contribution in [2.45, 2.75) is 49.2 Å². The van der Waals surface area contributed by atoms with Gasteiger partial charge in [-0.15, -0.1) is 11.3 Å². The van der Waals surface area contributed by atoms with Crippen LogP contribution in [0.25, 0.3) is 0 Å². The molecule has 0 atom stereocenters. The average Bonchev–Trinajstić information content (AvgIpc) is 2.95. The van der Waals surface area contributed by atoms with Crippen molar-refractivity contribution < 1.29 is 13.2 Å². The zero-order valence-corrected chi connectivity index (χ0v) is 18.6. The van der Waals surface area contributed by atoms with Crippen LogP contribution in [0.1, 0.15) is 44.9 Å². The third kappa shape index (κ3) is 6.16. The number of likely N-dealkylation sites (tertiary alicyclic amines) is 1. The summed E-state index contributed by atoms with van der Waals surface area (Å²) in [4.78, 5) is 14.7. The number of nitrogens with zero attached hydrogens (tertiary/aromatic N) is 2. The molecular formula is C19H30ClN3O3S2. The van der Waals surface area contributed by atoms with Crippen LogP contribution in [0, 0.1) is 5.92 Å². The summed E-state index contributed by atoms with van der Waals surface area (Å²) in [5, 5.41) is 3.04. The molecule has 1 aromatic heterocycles. The van der Waals surface area contributed by atoms with Gasteiger partial charge in [0.2, 0.25) is 5.91 Å². The maximum Gasteiger partial charge on any atom is 0.252 e. The molecule has 1 aromatic rings. The number of amides is 1. The van der Waals surface area contributed by atoms with E-state index in [0.29, 0.717) is 34.6 Å². The highest BCUT2D eigenvalue weighted by Crippen LogP contribution is 2.31. The molecule has 0 bridgehead atoms. The van der Waals surface area contributed by atoms with Gasteiger partial charge in [0.15, 0.2) is 0 Å². The average molecular weight is 448 g/mol. The van der Waals surface area contributed by atoms with Crippen LogP contribution in [-0.4, -0.2) is 62.8 Å². The van der Waals surface area contributed by atoms with Crippen molar-refractivity contribution in [3.63, 3.8) is 0 Å². The van der Waals surface area contributed by atoms with E-state index in [1.165, 1.54) is 30.0 Å². The monoisotopic (exact) mass is 447 g/mol. The van der Waals surface area contributed by atoms with Gasteiger partial charge in [-0.3, -0.25) is 4.79 Å². The van der Waals surface area contributed by atoms with Crippen molar-refractivity contribution in [2.75, 3.05) is 39.3 Å². The Balaban J connectivity index is 1.37. The molecule has 3 heterocycles. The number of thiophene rings is 1. The molecule has 2 aliphatic heterocycles. The minimum Gasteiger partial charge on any atom is -0.355 e. The molecule has 0 aromatic carbocycles. The van der Waals surface area contributed by atoms with E-state index >= 15 is 0 Å². The summed E-state index contributed by atoms with van der Waals surface area (Å²) in [5.41, 5.74) is 0. The Bertz CT molecular complexity index is 737. The first-order valence-corrected chi connectivity index (χ1v) is 12.8. The molecule has 158 valence electrons. The molecular weight excluding hydrogens is 418 g/mol. The van der Waals surface area contributed by atoms with E-state index in [9.17, 15) is 13.2 Å². The third-order valence-electron chi connectivity index (χ3n) is 5.64. The maximum absolute atomic E-state index is 12.6. The summed E-state index contributed by atoms with van der Waals surface area (Å²) in [6.45, 7) is 4.82. The first-order chi connectivity index (χ1) is 13.4. The molecule has 2 aliphatic rings. The largest absolute Gasteiger partial charge is 0.355 e. The maximum atomic E-state index is 12.6. The Hall–Kier alpha value is -0.670. The van der Waals surface area contributed by atoms with Crippen molar-refractivity contribution in [1.82, 2.24) is 14.5 Å². The number of halogens is 1. The van der Waals surface area contributed by atoms with Crippen LogP contribution < -0.4 is 5.32 Å². The number of carbonyl (C=O) groups excluding carboxylic acids is 1. The predicted molar refractivity (Wildman–Crippen MR) is 113 cm³/mol. The normalized spacial score (nSPS) is 20.8. The second-order valence-electron chi connectivity index (χ2n) is 7.72. The molecule has 0 spiro atoms. The van der Waals surface area contributed by atoms with Gasteiger partial charge in [-0.25, -0.2) is 8.42 Å². The molecule has 2 saturated heterocycles.